The first-order valence-corrected chi connectivity index (χ1v) is 6.68. The fourth-order valence-electron chi connectivity index (χ4n) is 1.69. The van der Waals surface area contributed by atoms with Gasteiger partial charge in [0.1, 0.15) is 6.54 Å². The van der Waals surface area contributed by atoms with E-state index in [4.69, 9.17) is 23.2 Å². The van der Waals surface area contributed by atoms with Gasteiger partial charge in [0.25, 0.3) is 0 Å². The van der Waals surface area contributed by atoms with Gasteiger partial charge in [-0.1, -0.05) is 23.2 Å². The van der Waals surface area contributed by atoms with Crippen LogP contribution >= 0.6 is 23.2 Å². The lowest BCUT2D eigenvalue weighted by molar-refractivity contribution is -0.122. The number of benzene rings is 1. The molecule has 2 N–H and O–H groups in total. The van der Waals surface area contributed by atoms with Crippen LogP contribution < -0.4 is 5.32 Å². The second kappa shape index (κ2) is 6.74. The summed E-state index contributed by atoms with van der Waals surface area (Å²) in [6.07, 6.45) is 2.41. The zero-order valence-electron chi connectivity index (χ0n) is 10.5. The quantitative estimate of drug-likeness (QED) is 0.887. The zero-order valence-corrected chi connectivity index (χ0v) is 12.0. The summed E-state index contributed by atoms with van der Waals surface area (Å²) in [6.45, 7) is 0.187. The Kier molecular flexibility index (Phi) is 5.00. The molecule has 0 aliphatic heterocycles. The number of nitrogens with zero attached hydrogens (tertiary/aromatic N) is 2. The van der Waals surface area contributed by atoms with Crippen molar-refractivity contribution in [2.75, 3.05) is 6.54 Å². The Hall–Kier alpha value is -1.56. The van der Waals surface area contributed by atoms with Gasteiger partial charge in [0.2, 0.25) is 5.91 Å². The molecule has 106 valence electrons. The van der Waals surface area contributed by atoms with Crippen LogP contribution in [0.4, 0.5) is 0 Å². The number of rotatable bonds is 5. The molecule has 1 atom stereocenters. The van der Waals surface area contributed by atoms with Crippen LogP contribution in [0, 0.1) is 0 Å². The van der Waals surface area contributed by atoms with Crippen LogP contribution in [0.5, 0.6) is 0 Å². The number of hydrogen-bond acceptors (Lipinski definition) is 3. The van der Waals surface area contributed by atoms with Gasteiger partial charge in [-0.05, 0) is 29.8 Å². The predicted molar refractivity (Wildman–Crippen MR) is 76.7 cm³/mol. The molecule has 5 nitrogen and oxygen atoms in total. The Bertz CT molecular complexity index is 567. The minimum Gasteiger partial charge on any atom is -0.387 e. The molecule has 0 aliphatic rings. The van der Waals surface area contributed by atoms with Crippen molar-refractivity contribution in [3.8, 4) is 0 Å². The maximum atomic E-state index is 11.6. The number of aliphatic hydroxyl groups excluding tert-OH is 1. The van der Waals surface area contributed by atoms with E-state index in [0.717, 1.165) is 0 Å². The molecule has 0 saturated carbocycles. The fourth-order valence-corrected chi connectivity index (χ4v) is 2.24. The highest BCUT2D eigenvalue weighted by Crippen LogP contribution is 2.23. The Morgan fingerprint density at radius 1 is 1.35 bits per heavy atom. The van der Waals surface area contributed by atoms with E-state index in [9.17, 15) is 9.90 Å². The van der Waals surface area contributed by atoms with Crippen LogP contribution in [-0.2, 0) is 11.3 Å². The maximum Gasteiger partial charge on any atom is 0.241 e. The summed E-state index contributed by atoms with van der Waals surface area (Å²) in [4.78, 5) is 11.6. The fraction of sp³-hybridized carbons (Fsp3) is 0.231. The van der Waals surface area contributed by atoms with E-state index in [2.05, 4.69) is 10.4 Å². The van der Waals surface area contributed by atoms with Crippen molar-refractivity contribution in [2.45, 2.75) is 12.6 Å². The summed E-state index contributed by atoms with van der Waals surface area (Å²) in [6, 6.07) is 6.53. The second-order valence-electron chi connectivity index (χ2n) is 4.23. The highest BCUT2D eigenvalue weighted by Gasteiger charge is 2.11. The van der Waals surface area contributed by atoms with Gasteiger partial charge in [-0.2, -0.15) is 5.10 Å². The van der Waals surface area contributed by atoms with Gasteiger partial charge < -0.3 is 10.4 Å². The SMILES string of the molecule is O=C(Cn1cccn1)NCC(O)c1cc(Cl)cc(Cl)c1. The molecule has 2 aromatic rings. The van der Waals surface area contributed by atoms with E-state index in [0.29, 0.717) is 15.6 Å². The summed E-state index contributed by atoms with van der Waals surface area (Å²) in [7, 11) is 0. The largest absolute Gasteiger partial charge is 0.387 e. The standard InChI is InChI=1S/C13H13Cl2N3O2/c14-10-4-9(5-11(15)6-10)12(19)7-16-13(20)8-18-3-1-2-17-18/h1-6,12,19H,7-8H2,(H,16,20). The Labute approximate surface area is 126 Å². The Morgan fingerprint density at radius 2 is 2.05 bits per heavy atom. The third-order valence-corrected chi connectivity index (χ3v) is 3.06. The highest BCUT2D eigenvalue weighted by molar-refractivity contribution is 6.34. The predicted octanol–water partition coefficient (Wildman–Crippen LogP) is 2.04. The number of carbonyl (C=O) groups excluding carboxylic acids is 1. The minimum absolute atomic E-state index is 0.0801. The highest BCUT2D eigenvalue weighted by atomic mass is 35.5. The van der Waals surface area contributed by atoms with Crippen molar-refractivity contribution in [3.63, 3.8) is 0 Å². The zero-order chi connectivity index (χ0) is 14.5. The van der Waals surface area contributed by atoms with Crippen LogP contribution in [0.3, 0.4) is 0 Å². The van der Waals surface area contributed by atoms with E-state index in [-0.39, 0.29) is 19.0 Å². The molecule has 1 amide bonds. The van der Waals surface area contributed by atoms with Gasteiger partial charge >= 0.3 is 0 Å². The average molecular weight is 314 g/mol. The maximum absolute atomic E-state index is 11.6. The van der Waals surface area contributed by atoms with Crippen molar-refractivity contribution < 1.29 is 9.90 Å². The summed E-state index contributed by atoms with van der Waals surface area (Å²) in [5, 5.41) is 17.4. The molecule has 1 heterocycles. The van der Waals surface area contributed by atoms with Gasteiger partial charge in [0.05, 0.1) is 6.10 Å². The average Bonchev–Trinajstić information content (AvgIpc) is 2.87. The van der Waals surface area contributed by atoms with Gasteiger partial charge in [0.15, 0.2) is 0 Å². The summed E-state index contributed by atoms with van der Waals surface area (Å²) in [5.41, 5.74) is 0.557. The number of amides is 1. The number of hydrogen-bond donors (Lipinski definition) is 2. The molecule has 0 radical (unpaired) electrons. The van der Waals surface area contributed by atoms with Gasteiger partial charge in [0, 0.05) is 29.0 Å². The van der Waals surface area contributed by atoms with Crippen LogP contribution in [0.2, 0.25) is 10.0 Å². The van der Waals surface area contributed by atoms with Crippen LogP contribution in [-0.4, -0.2) is 27.3 Å². The van der Waals surface area contributed by atoms with E-state index in [1.54, 1.807) is 36.7 Å². The summed E-state index contributed by atoms with van der Waals surface area (Å²) in [5.74, 6) is -0.235. The van der Waals surface area contributed by atoms with Crippen molar-refractivity contribution in [3.05, 3.63) is 52.3 Å². The molecule has 7 heteroatoms. The van der Waals surface area contributed by atoms with Gasteiger partial charge in [-0.3, -0.25) is 9.48 Å². The topological polar surface area (TPSA) is 67.2 Å². The van der Waals surface area contributed by atoms with Gasteiger partial charge in [-0.15, -0.1) is 0 Å². The molecule has 1 aromatic carbocycles. The number of halogens is 2. The van der Waals surface area contributed by atoms with Crippen LogP contribution in [0.15, 0.2) is 36.7 Å². The molecule has 0 spiro atoms. The van der Waals surface area contributed by atoms with Crippen LogP contribution in [0.1, 0.15) is 11.7 Å². The normalized spacial score (nSPS) is 12.2. The smallest absolute Gasteiger partial charge is 0.241 e. The number of aliphatic hydroxyl groups is 1. The third-order valence-electron chi connectivity index (χ3n) is 2.63. The lowest BCUT2D eigenvalue weighted by Crippen LogP contribution is -2.31. The monoisotopic (exact) mass is 313 g/mol. The Morgan fingerprint density at radius 3 is 2.65 bits per heavy atom. The van der Waals surface area contributed by atoms with Gasteiger partial charge in [-0.25, -0.2) is 0 Å². The Balaban J connectivity index is 1.88. The summed E-state index contributed by atoms with van der Waals surface area (Å²) >= 11 is 11.7. The first-order valence-electron chi connectivity index (χ1n) is 5.93. The molecule has 1 unspecified atom stereocenters. The van der Waals surface area contributed by atoms with Crippen molar-refractivity contribution in [1.29, 1.82) is 0 Å². The van der Waals surface area contributed by atoms with E-state index >= 15 is 0 Å². The lowest BCUT2D eigenvalue weighted by Gasteiger charge is -2.13. The molecule has 0 saturated heterocycles. The molecule has 0 fully saturated rings. The number of carbonyl (C=O) groups is 1. The first kappa shape index (κ1) is 14.8. The molecule has 0 aliphatic carbocycles. The molecular weight excluding hydrogens is 301 g/mol. The molecule has 2 rings (SSSR count). The first-order chi connectivity index (χ1) is 9.54. The van der Waals surface area contributed by atoms with E-state index in [1.165, 1.54) is 4.68 Å². The van der Waals surface area contributed by atoms with E-state index < -0.39 is 6.10 Å². The van der Waals surface area contributed by atoms with Crippen molar-refractivity contribution in [1.82, 2.24) is 15.1 Å². The number of nitrogens with one attached hydrogen (secondary N) is 1. The molecule has 20 heavy (non-hydrogen) atoms. The lowest BCUT2D eigenvalue weighted by atomic mass is 10.1. The third kappa shape index (κ3) is 4.23. The van der Waals surface area contributed by atoms with E-state index in [1.807, 2.05) is 0 Å². The van der Waals surface area contributed by atoms with Crippen molar-refractivity contribution >= 4 is 29.1 Å². The second-order valence-corrected chi connectivity index (χ2v) is 5.10. The van der Waals surface area contributed by atoms with Crippen molar-refractivity contribution in [2.24, 2.45) is 0 Å². The minimum atomic E-state index is -0.868. The number of aromatic nitrogens is 2. The van der Waals surface area contributed by atoms with Crippen LogP contribution in [0.25, 0.3) is 0 Å². The molecular formula is C13H13Cl2N3O2. The molecule has 0 bridgehead atoms. The summed E-state index contributed by atoms with van der Waals surface area (Å²) < 4.78 is 1.50. The molecule has 1 aromatic heterocycles.